The average Bonchev–Trinajstić information content (AvgIpc) is 2.63. The standard InChI is InChI=1S/C9H15ClFNO/c1-2-8(10)9(13)12-4-3-7(5-11)6-12/h7-8H,2-6H2,1H3/t7-,8-/m0/s1. The van der Waals surface area contributed by atoms with Gasteiger partial charge in [0.1, 0.15) is 5.38 Å². The van der Waals surface area contributed by atoms with Crippen molar-refractivity contribution in [2.24, 2.45) is 5.92 Å². The van der Waals surface area contributed by atoms with Gasteiger partial charge in [0.25, 0.3) is 0 Å². The third-order valence-electron chi connectivity index (χ3n) is 2.44. The van der Waals surface area contributed by atoms with E-state index in [2.05, 4.69) is 0 Å². The number of nitrogens with zero attached hydrogens (tertiary/aromatic N) is 1. The lowest BCUT2D eigenvalue weighted by Gasteiger charge is -2.18. The van der Waals surface area contributed by atoms with Gasteiger partial charge in [-0.05, 0) is 12.8 Å². The zero-order chi connectivity index (χ0) is 9.84. The van der Waals surface area contributed by atoms with Crippen molar-refractivity contribution in [1.82, 2.24) is 4.90 Å². The summed E-state index contributed by atoms with van der Waals surface area (Å²) in [7, 11) is 0. The number of hydrogen-bond donors (Lipinski definition) is 0. The van der Waals surface area contributed by atoms with E-state index >= 15 is 0 Å². The average molecular weight is 208 g/mol. The molecule has 0 spiro atoms. The molecule has 1 aliphatic rings. The van der Waals surface area contributed by atoms with Gasteiger partial charge in [0.2, 0.25) is 5.91 Å². The van der Waals surface area contributed by atoms with Crippen molar-refractivity contribution in [1.29, 1.82) is 0 Å². The van der Waals surface area contributed by atoms with E-state index in [0.717, 1.165) is 6.42 Å². The summed E-state index contributed by atoms with van der Waals surface area (Å²) < 4.78 is 12.2. The van der Waals surface area contributed by atoms with Crippen LogP contribution in [-0.2, 0) is 4.79 Å². The van der Waals surface area contributed by atoms with Gasteiger partial charge in [-0.25, -0.2) is 0 Å². The molecule has 1 rings (SSSR count). The van der Waals surface area contributed by atoms with E-state index in [0.29, 0.717) is 19.5 Å². The Hall–Kier alpha value is -0.310. The van der Waals surface area contributed by atoms with Gasteiger partial charge < -0.3 is 4.90 Å². The van der Waals surface area contributed by atoms with Crippen LogP contribution in [0.2, 0.25) is 0 Å². The lowest BCUT2D eigenvalue weighted by Crippen LogP contribution is -2.34. The molecule has 0 aromatic carbocycles. The van der Waals surface area contributed by atoms with E-state index < -0.39 is 5.38 Å². The summed E-state index contributed by atoms with van der Waals surface area (Å²) >= 11 is 5.80. The number of halogens is 2. The monoisotopic (exact) mass is 207 g/mol. The van der Waals surface area contributed by atoms with Crippen molar-refractivity contribution in [2.45, 2.75) is 25.1 Å². The minimum Gasteiger partial charge on any atom is -0.341 e. The number of carbonyl (C=O) groups excluding carboxylic acids is 1. The number of alkyl halides is 2. The molecular weight excluding hydrogens is 193 g/mol. The second-order valence-electron chi connectivity index (χ2n) is 3.47. The molecule has 1 saturated heterocycles. The van der Waals surface area contributed by atoms with Crippen LogP contribution in [0.25, 0.3) is 0 Å². The molecule has 0 radical (unpaired) electrons. The summed E-state index contributed by atoms with van der Waals surface area (Å²) in [5.41, 5.74) is 0. The van der Waals surface area contributed by atoms with E-state index in [1.54, 1.807) is 4.90 Å². The van der Waals surface area contributed by atoms with Gasteiger partial charge >= 0.3 is 0 Å². The SMILES string of the molecule is CC[C@H](Cl)C(=O)N1CC[C@@H](CF)C1. The van der Waals surface area contributed by atoms with Crippen LogP contribution < -0.4 is 0 Å². The Kier molecular flexibility index (Phi) is 3.97. The number of likely N-dealkylation sites (tertiary alicyclic amines) is 1. The lowest BCUT2D eigenvalue weighted by molar-refractivity contribution is -0.129. The largest absolute Gasteiger partial charge is 0.341 e. The molecule has 0 aliphatic carbocycles. The molecule has 1 fully saturated rings. The second kappa shape index (κ2) is 4.80. The zero-order valence-electron chi connectivity index (χ0n) is 7.80. The number of hydrogen-bond acceptors (Lipinski definition) is 1. The first kappa shape index (κ1) is 10.8. The van der Waals surface area contributed by atoms with Crippen LogP contribution in [0.1, 0.15) is 19.8 Å². The van der Waals surface area contributed by atoms with Gasteiger partial charge in [-0.1, -0.05) is 6.92 Å². The van der Waals surface area contributed by atoms with Gasteiger partial charge in [-0.3, -0.25) is 9.18 Å². The first-order valence-corrected chi connectivity index (χ1v) is 5.11. The highest BCUT2D eigenvalue weighted by Gasteiger charge is 2.28. The van der Waals surface area contributed by atoms with Crippen molar-refractivity contribution >= 4 is 17.5 Å². The molecule has 76 valence electrons. The molecule has 0 saturated carbocycles. The second-order valence-corrected chi connectivity index (χ2v) is 4.00. The maximum absolute atomic E-state index is 12.2. The van der Waals surface area contributed by atoms with E-state index in [9.17, 15) is 9.18 Å². The van der Waals surface area contributed by atoms with Crippen molar-refractivity contribution in [3.8, 4) is 0 Å². The number of carbonyl (C=O) groups is 1. The molecule has 0 unspecified atom stereocenters. The van der Waals surface area contributed by atoms with E-state index in [4.69, 9.17) is 11.6 Å². The van der Waals surface area contributed by atoms with E-state index in [1.165, 1.54) is 0 Å². The third-order valence-corrected chi connectivity index (χ3v) is 2.94. The fraction of sp³-hybridized carbons (Fsp3) is 0.889. The maximum Gasteiger partial charge on any atom is 0.240 e. The summed E-state index contributed by atoms with van der Waals surface area (Å²) in [5.74, 6) is -0.00945. The minimum atomic E-state index is -0.432. The van der Waals surface area contributed by atoms with Gasteiger partial charge in [0.05, 0.1) is 6.67 Å². The van der Waals surface area contributed by atoms with Crippen molar-refractivity contribution in [2.75, 3.05) is 19.8 Å². The topological polar surface area (TPSA) is 20.3 Å². The van der Waals surface area contributed by atoms with Gasteiger partial charge in [0, 0.05) is 19.0 Å². The molecule has 4 heteroatoms. The van der Waals surface area contributed by atoms with Gasteiger partial charge in [0.15, 0.2) is 0 Å². The Morgan fingerprint density at radius 2 is 2.46 bits per heavy atom. The Morgan fingerprint density at radius 3 is 2.92 bits per heavy atom. The summed E-state index contributed by atoms with van der Waals surface area (Å²) in [5, 5.41) is -0.432. The third kappa shape index (κ3) is 2.56. The molecule has 2 nitrogen and oxygen atoms in total. The Labute approximate surface area is 83.0 Å². The Balaban J connectivity index is 2.41. The first-order valence-electron chi connectivity index (χ1n) is 4.67. The van der Waals surface area contributed by atoms with Crippen LogP contribution in [0.4, 0.5) is 4.39 Å². The highest BCUT2D eigenvalue weighted by Crippen LogP contribution is 2.19. The molecule has 1 amide bonds. The molecule has 0 aromatic rings. The summed E-state index contributed by atoms with van der Waals surface area (Å²) in [4.78, 5) is 13.2. The van der Waals surface area contributed by atoms with Crippen molar-refractivity contribution < 1.29 is 9.18 Å². The van der Waals surface area contributed by atoms with E-state index in [1.807, 2.05) is 6.92 Å². The predicted octanol–water partition coefficient (Wildman–Crippen LogP) is 1.82. The Bertz CT molecular complexity index is 188. The summed E-state index contributed by atoms with van der Waals surface area (Å²) in [6.45, 7) is 2.75. The van der Waals surface area contributed by atoms with Crippen LogP contribution in [0.15, 0.2) is 0 Å². The maximum atomic E-state index is 12.2. The minimum absolute atomic E-state index is 0.0321. The fourth-order valence-corrected chi connectivity index (χ4v) is 1.67. The normalized spacial score (nSPS) is 24.8. The molecule has 0 bridgehead atoms. The molecule has 1 aliphatic heterocycles. The highest BCUT2D eigenvalue weighted by atomic mass is 35.5. The predicted molar refractivity (Wildman–Crippen MR) is 50.6 cm³/mol. The summed E-state index contributed by atoms with van der Waals surface area (Å²) in [6.07, 6.45) is 1.41. The molecular formula is C9H15ClFNO. The van der Waals surface area contributed by atoms with Crippen LogP contribution in [-0.4, -0.2) is 35.9 Å². The number of rotatable bonds is 3. The highest BCUT2D eigenvalue weighted by molar-refractivity contribution is 6.30. The van der Waals surface area contributed by atoms with Crippen LogP contribution in [0.5, 0.6) is 0 Å². The van der Waals surface area contributed by atoms with E-state index in [-0.39, 0.29) is 18.5 Å². The molecule has 13 heavy (non-hydrogen) atoms. The van der Waals surface area contributed by atoms with Crippen LogP contribution in [0.3, 0.4) is 0 Å². The lowest BCUT2D eigenvalue weighted by atomic mass is 10.1. The molecule has 2 atom stereocenters. The number of amides is 1. The quantitative estimate of drug-likeness (QED) is 0.647. The smallest absolute Gasteiger partial charge is 0.240 e. The zero-order valence-corrected chi connectivity index (χ0v) is 8.56. The van der Waals surface area contributed by atoms with Gasteiger partial charge in [-0.15, -0.1) is 11.6 Å². The van der Waals surface area contributed by atoms with Crippen LogP contribution >= 0.6 is 11.6 Å². The van der Waals surface area contributed by atoms with Crippen molar-refractivity contribution in [3.05, 3.63) is 0 Å². The molecule has 1 heterocycles. The summed E-state index contributed by atoms with van der Waals surface area (Å²) in [6, 6.07) is 0. The first-order chi connectivity index (χ1) is 6.19. The van der Waals surface area contributed by atoms with Crippen LogP contribution in [0, 0.1) is 5.92 Å². The van der Waals surface area contributed by atoms with Gasteiger partial charge in [-0.2, -0.15) is 0 Å². The Morgan fingerprint density at radius 1 is 1.77 bits per heavy atom. The molecule has 0 aromatic heterocycles. The fourth-order valence-electron chi connectivity index (χ4n) is 1.53. The van der Waals surface area contributed by atoms with Crippen molar-refractivity contribution in [3.63, 3.8) is 0 Å². The molecule has 0 N–H and O–H groups in total.